The number of rotatable bonds is 14. The maximum atomic E-state index is 12.0. The number of benzene rings is 1. The Hall–Kier alpha value is -1.69. The van der Waals surface area contributed by atoms with Crippen LogP contribution in [0.1, 0.15) is 87.8 Å². The van der Waals surface area contributed by atoms with Crippen LogP contribution in [0.5, 0.6) is 0 Å². The molecule has 1 aliphatic carbocycles. The van der Waals surface area contributed by atoms with Gasteiger partial charge in [0.15, 0.2) is 11.4 Å². The molecule has 0 aliphatic heterocycles. The van der Waals surface area contributed by atoms with Gasteiger partial charge in [-0.3, -0.25) is 0 Å². The van der Waals surface area contributed by atoms with Crippen molar-refractivity contribution in [3.05, 3.63) is 53.7 Å². The van der Waals surface area contributed by atoms with E-state index in [9.17, 15) is 5.11 Å². The van der Waals surface area contributed by atoms with Crippen molar-refractivity contribution < 1.29 is 18.7 Å². The van der Waals surface area contributed by atoms with Crippen molar-refractivity contribution >= 4 is 0 Å². The highest BCUT2D eigenvalue weighted by molar-refractivity contribution is 5.30. The number of nitrogens with zero attached hydrogens (tertiary/aromatic N) is 2. The molecule has 1 saturated carbocycles. The number of methoxy groups -OCH3 is 1. The summed E-state index contributed by atoms with van der Waals surface area (Å²) in [5.41, 5.74) is -0.260. The molecule has 1 atom stereocenters. The lowest BCUT2D eigenvalue weighted by atomic mass is 9.73. The Morgan fingerprint density at radius 3 is 2.36 bits per heavy atom. The van der Waals surface area contributed by atoms with Crippen LogP contribution in [0.25, 0.3) is 0 Å². The van der Waals surface area contributed by atoms with Gasteiger partial charge in [0.25, 0.3) is 0 Å². The lowest BCUT2D eigenvalue weighted by molar-refractivity contribution is -0.904. The van der Waals surface area contributed by atoms with E-state index in [0.29, 0.717) is 5.89 Å². The third-order valence-electron chi connectivity index (χ3n) is 7.24. The molecule has 1 aromatic carbocycles. The summed E-state index contributed by atoms with van der Waals surface area (Å²) in [7, 11) is 6.28. The highest BCUT2D eigenvalue weighted by Crippen LogP contribution is 2.43. The number of ether oxygens (including phenoxy) is 1. The molecular weight excluding hydrogens is 412 g/mol. The van der Waals surface area contributed by atoms with Crippen LogP contribution in [-0.4, -0.2) is 48.9 Å². The van der Waals surface area contributed by atoms with Crippen LogP contribution in [0.15, 0.2) is 40.9 Å². The summed E-state index contributed by atoms with van der Waals surface area (Å²) in [4.78, 5) is 4.63. The molecule has 0 amide bonds. The number of aliphatic hydroxyl groups is 1. The number of hydrogen-bond donors (Lipinski definition) is 1. The summed E-state index contributed by atoms with van der Waals surface area (Å²) in [6.07, 6.45) is 14.9. The first-order valence-electron chi connectivity index (χ1n) is 13.0. The molecule has 33 heavy (non-hydrogen) atoms. The summed E-state index contributed by atoms with van der Waals surface area (Å²) in [5.74, 6) is 1.47. The zero-order chi connectivity index (χ0) is 23.6. The third kappa shape index (κ3) is 7.40. The van der Waals surface area contributed by atoms with Gasteiger partial charge >= 0.3 is 0 Å². The molecule has 0 saturated heterocycles. The third-order valence-corrected chi connectivity index (χ3v) is 7.24. The van der Waals surface area contributed by atoms with Crippen molar-refractivity contribution in [2.24, 2.45) is 5.92 Å². The molecule has 184 valence electrons. The predicted molar refractivity (Wildman–Crippen MR) is 133 cm³/mol. The van der Waals surface area contributed by atoms with Crippen molar-refractivity contribution in [3.8, 4) is 0 Å². The fourth-order valence-electron chi connectivity index (χ4n) is 5.30. The lowest BCUT2D eigenvalue weighted by Gasteiger charge is -2.36. The SMILES string of the molecule is COCCCCCCCC[N+](C)(C)Cc1cnc([C@](O)(c2ccccc2)C2CCCCC2)o1. The van der Waals surface area contributed by atoms with Gasteiger partial charge in [0, 0.05) is 19.6 Å². The van der Waals surface area contributed by atoms with Gasteiger partial charge in [0.2, 0.25) is 5.89 Å². The minimum Gasteiger partial charge on any atom is -0.436 e. The Bertz CT molecular complexity index is 798. The van der Waals surface area contributed by atoms with E-state index in [-0.39, 0.29) is 5.92 Å². The first kappa shape index (κ1) is 25.9. The van der Waals surface area contributed by atoms with Gasteiger partial charge in [-0.2, -0.15) is 0 Å². The molecule has 3 rings (SSSR count). The maximum Gasteiger partial charge on any atom is 0.231 e. The van der Waals surface area contributed by atoms with Crippen molar-refractivity contribution in [3.63, 3.8) is 0 Å². The van der Waals surface area contributed by atoms with Gasteiger partial charge < -0.3 is 18.7 Å². The van der Waals surface area contributed by atoms with Crippen LogP contribution in [0.3, 0.4) is 0 Å². The molecule has 0 unspecified atom stereocenters. The van der Waals surface area contributed by atoms with Gasteiger partial charge in [0.05, 0.1) is 26.8 Å². The Kier molecular flexibility index (Phi) is 9.96. The lowest BCUT2D eigenvalue weighted by Crippen LogP contribution is -2.39. The van der Waals surface area contributed by atoms with E-state index < -0.39 is 5.60 Å². The van der Waals surface area contributed by atoms with E-state index in [1.54, 1.807) is 7.11 Å². The van der Waals surface area contributed by atoms with Crippen LogP contribution in [0.2, 0.25) is 0 Å². The fourth-order valence-corrected chi connectivity index (χ4v) is 5.30. The van der Waals surface area contributed by atoms with Gasteiger partial charge in [-0.25, -0.2) is 4.98 Å². The van der Waals surface area contributed by atoms with Crippen molar-refractivity contribution in [2.45, 2.75) is 82.8 Å². The van der Waals surface area contributed by atoms with Gasteiger partial charge in [0.1, 0.15) is 6.54 Å². The second-order valence-electron chi connectivity index (χ2n) is 10.5. The largest absolute Gasteiger partial charge is 0.436 e. The van der Waals surface area contributed by atoms with E-state index in [1.807, 2.05) is 36.5 Å². The minimum atomic E-state index is -1.15. The van der Waals surface area contributed by atoms with Crippen LogP contribution < -0.4 is 0 Å². The molecule has 0 bridgehead atoms. The topological polar surface area (TPSA) is 55.5 Å². The average molecular weight is 458 g/mol. The minimum absolute atomic E-state index is 0.145. The summed E-state index contributed by atoms with van der Waals surface area (Å²) in [6.45, 7) is 2.78. The molecule has 1 aliphatic rings. The van der Waals surface area contributed by atoms with Crippen molar-refractivity contribution in [1.29, 1.82) is 0 Å². The maximum absolute atomic E-state index is 12.0. The molecule has 1 N–H and O–H groups in total. The Balaban J connectivity index is 1.59. The Labute approximate surface area is 200 Å². The molecule has 1 aromatic heterocycles. The number of hydrogen-bond acceptors (Lipinski definition) is 4. The monoisotopic (exact) mass is 457 g/mol. The van der Waals surface area contributed by atoms with Crippen LogP contribution in [-0.2, 0) is 16.9 Å². The summed E-state index contributed by atoms with van der Waals surface area (Å²) >= 11 is 0. The highest BCUT2D eigenvalue weighted by Gasteiger charge is 2.44. The molecule has 0 radical (unpaired) electrons. The standard InChI is InChI=1S/C28H45N2O3/c1-30(2,20-14-6-4-5-7-15-21-32-3)23-26-22-29-27(33-26)28(31,24-16-10-8-11-17-24)25-18-12-9-13-19-25/h8,10-11,16-17,22,25,31H,4-7,9,12-15,18-21,23H2,1-3H3/q+1/t28-/m0/s1. The quantitative estimate of drug-likeness (QED) is 0.277. The molecule has 1 heterocycles. The normalized spacial score (nSPS) is 17.2. The van der Waals surface area contributed by atoms with Crippen LogP contribution in [0, 0.1) is 5.92 Å². The molecular formula is C28H45N2O3+. The fraction of sp³-hybridized carbons (Fsp3) is 0.679. The Morgan fingerprint density at radius 2 is 1.67 bits per heavy atom. The molecule has 0 spiro atoms. The zero-order valence-corrected chi connectivity index (χ0v) is 21.1. The number of oxazole rings is 1. The first-order chi connectivity index (χ1) is 16.0. The van der Waals surface area contributed by atoms with Crippen LogP contribution in [0.4, 0.5) is 0 Å². The average Bonchev–Trinajstić information content (AvgIpc) is 3.29. The van der Waals surface area contributed by atoms with Gasteiger partial charge in [-0.15, -0.1) is 0 Å². The van der Waals surface area contributed by atoms with Crippen LogP contribution >= 0.6 is 0 Å². The smallest absolute Gasteiger partial charge is 0.231 e. The summed E-state index contributed by atoms with van der Waals surface area (Å²) < 4.78 is 12.3. The summed E-state index contributed by atoms with van der Waals surface area (Å²) in [6, 6.07) is 9.99. The van der Waals surface area contributed by atoms with E-state index in [2.05, 4.69) is 19.1 Å². The van der Waals surface area contributed by atoms with Gasteiger partial charge in [-0.05, 0) is 37.7 Å². The number of quaternary nitrogens is 1. The second-order valence-corrected chi connectivity index (χ2v) is 10.5. The van der Waals surface area contributed by atoms with Gasteiger partial charge in [-0.1, -0.05) is 68.9 Å². The van der Waals surface area contributed by atoms with E-state index >= 15 is 0 Å². The van der Waals surface area contributed by atoms with E-state index in [4.69, 9.17) is 9.15 Å². The highest BCUT2D eigenvalue weighted by atomic mass is 16.5. The molecule has 2 aromatic rings. The second kappa shape index (κ2) is 12.7. The summed E-state index contributed by atoms with van der Waals surface area (Å²) in [5, 5.41) is 12.0. The number of aromatic nitrogens is 1. The molecule has 1 fully saturated rings. The van der Waals surface area contributed by atoms with Crippen molar-refractivity contribution in [1.82, 2.24) is 4.98 Å². The van der Waals surface area contributed by atoms with Crippen molar-refractivity contribution in [2.75, 3.05) is 34.4 Å². The predicted octanol–water partition coefficient (Wildman–Crippen LogP) is 6.05. The van der Waals surface area contributed by atoms with E-state index in [1.165, 1.54) is 44.9 Å². The zero-order valence-electron chi connectivity index (χ0n) is 21.1. The Morgan fingerprint density at radius 1 is 1.00 bits per heavy atom. The first-order valence-corrected chi connectivity index (χ1v) is 13.0. The molecule has 5 heteroatoms. The molecule has 5 nitrogen and oxygen atoms in total. The van der Waals surface area contributed by atoms with E-state index in [0.717, 1.165) is 61.2 Å². The number of unbranched alkanes of at least 4 members (excludes halogenated alkanes) is 5.